The van der Waals surface area contributed by atoms with Crippen molar-refractivity contribution in [2.75, 3.05) is 13.2 Å². The molecule has 0 amide bonds. The molecule has 1 aromatic heterocycles. The molecule has 0 bridgehead atoms. The van der Waals surface area contributed by atoms with Gasteiger partial charge in [-0.25, -0.2) is 4.98 Å². The van der Waals surface area contributed by atoms with Gasteiger partial charge < -0.3 is 14.8 Å². The highest BCUT2D eigenvalue weighted by atomic mass is 16.6. The van der Waals surface area contributed by atoms with Gasteiger partial charge in [-0.3, -0.25) is 0 Å². The molecule has 3 rings (SSSR count). The molecule has 1 aliphatic rings. The van der Waals surface area contributed by atoms with Crippen molar-refractivity contribution in [2.45, 2.75) is 26.0 Å². The molecular formula is C17H20N2O2. The molecule has 2 heterocycles. The average molecular weight is 284 g/mol. The summed E-state index contributed by atoms with van der Waals surface area (Å²) >= 11 is 0. The van der Waals surface area contributed by atoms with Crippen LogP contribution in [0.15, 0.2) is 42.6 Å². The van der Waals surface area contributed by atoms with Crippen LogP contribution in [0, 0.1) is 0 Å². The highest BCUT2D eigenvalue weighted by Crippen LogP contribution is 2.33. The summed E-state index contributed by atoms with van der Waals surface area (Å²) in [4.78, 5) is 4.21. The Hall–Kier alpha value is -2.07. The topological polar surface area (TPSA) is 43.4 Å². The van der Waals surface area contributed by atoms with Crippen LogP contribution in [-0.4, -0.2) is 18.1 Å². The second-order valence-corrected chi connectivity index (χ2v) is 5.14. The highest BCUT2D eigenvalue weighted by Gasteiger charge is 2.23. The van der Waals surface area contributed by atoms with Crippen LogP contribution < -0.4 is 14.8 Å². The van der Waals surface area contributed by atoms with E-state index in [1.807, 2.05) is 12.1 Å². The zero-order valence-electron chi connectivity index (χ0n) is 12.2. The summed E-state index contributed by atoms with van der Waals surface area (Å²) in [5.41, 5.74) is 2.40. The van der Waals surface area contributed by atoms with Crippen molar-refractivity contribution in [3.05, 3.63) is 53.7 Å². The first-order valence-corrected chi connectivity index (χ1v) is 7.41. The third kappa shape index (κ3) is 3.34. The number of aromatic nitrogens is 1. The SMILES string of the molecule is CCCNCc1ccc([C@H]2COc3cccnc3O2)cc1. The molecule has 0 unspecified atom stereocenters. The molecule has 1 N–H and O–H groups in total. The zero-order valence-corrected chi connectivity index (χ0v) is 12.2. The van der Waals surface area contributed by atoms with E-state index < -0.39 is 0 Å². The molecule has 1 atom stereocenters. The molecule has 0 fully saturated rings. The molecule has 1 aliphatic heterocycles. The van der Waals surface area contributed by atoms with E-state index in [-0.39, 0.29) is 6.10 Å². The average Bonchev–Trinajstić information content (AvgIpc) is 2.55. The van der Waals surface area contributed by atoms with Gasteiger partial charge in [-0.15, -0.1) is 0 Å². The second-order valence-electron chi connectivity index (χ2n) is 5.14. The van der Waals surface area contributed by atoms with Gasteiger partial charge in [-0.1, -0.05) is 31.2 Å². The Balaban J connectivity index is 1.65. The van der Waals surface area contributed by atoms with Crippen LogP contribution in [-0.2, 0) is 6.54 Å². The molecule has 0 saturated carbocycles. The number of benzene rings is 1. The smallest absolute Gasteiger partial charge is 0.257 e. The third-order valence-corrected chi connectivity index (χ3v) is 3.49. The number of ether oxygens (including phenoxy) is 2. The normalized spacial score (nSPS) is 16.7. The first kappa shape index (κ1) is 13.9. The number of fused-ring (bicyclic) bond motifs is 1. The Labute approximate surface area is 125 Å². The Morgan fingerprint density at radius 3 is 2.90 bits per heavy atom. The van der Waals surface area contributed by atoms with Crippen LogP contribution in [0.3, 0.4) is 0 Å². The zero-order chi connectivity index (χ0) is 14.5. The molecular weight excluding hydrogens is 264 g/mol. The highest BCUT2D eigenvalue weighted by molar-refractivity contribution is 5.35. The van der Waals surface area contributed by atoms with Crippen molar-refractivity contribution in [2.24, 2.45) is 0 Å². The van der Waals surface area contributed by atoms with Crippen LogP contribution in [0.25, 0.3) is 0 Å². The van der Waals surface area contributed by atoms with Gasteiger partial charge >= 0.3 is 0 Å². The maximum atomic E-state index is 5.90. The van der Waals surface area contributed by atoms with Gasteiger partial charge in [0.15, 0.2) is 11.9 Å². The second kappa shape index (κ2) is 6.59. The summed E-state index contributed by atoms with van der Waals surface area (Å²) in [6, 6.07) is 12.2. The van der Waals surface area contributed by atoms with E-state index in [1.165, 1.54) is 5.56 Å². The summed E-state index contributed by atoms with van der Waals surface area (Å²) in [5.74, 6) is 1.29. The van der Waals surface area contributed by atoms with Gasteiger partial charge in [-0.05, 0) is 36.2 Å². The predicted octanol–water partition coefficient (Wildman–Crippen LogP) is 3.09. The Kier molecular flexibility index (Phi) is 4.36. The first-order valence-electron chi connectivity index (χ1n) is 7.41. The Bertz CT molecular complexity index is 584. The van der Waals surface area contributed by atoms with Crippen LogP contribution >= 0.6 is 0 Å². The first-order chi connectivity index (χ1) is 10.4. The van der Waals surface area contributed by atoms with Crippen LogP contribution in [0.1, 0.15) is 30.6 Å². The Morgan fingerprint density at radius 1 is 1.24 bits per heavy atom. The van der Waals surface area contributed by atoms with E-state index in [2.05, 4.69) is 41.5 Å². The largest absolute Gasteiger partial charge is 0.484 e. The summed E-state index contributed by atoms with van der Waals surface area (Å²) in [6.45, 7) is 4.64. The Morgan fingerprint density at radius 2 is 2.10 bits per heavy atom. The minimum absolute atomic E-state index is 0.0925. The van der Waals surface area contributed by atoms with Gasteiger partial charge in [0.25, 0.3) is 5.88 Å². The van der Waals surface area contributed by atoms with Crippen molar-refractivity contribution in [3.63, 3.8) is 0 Å². The van der Waals surface area contributed by atoms with E-state index >= 15 is 0 Å². The summed E-state index contributed by atoms with van der Waals surface area (Å²) in [6.07, 6.45) is 2.77. The quantitative estimate of drug-likeness (QED) is 0.857. The lowest BCUT2D eigenvalue weighted by Gasteiger charge is -2.25. The fourth-order valence-electron chi connectivity index (χ4n) is 2.33. The number of rotatable bonds is 5. The summed E-state index contributed by atoms with van der Waals surface area (Å²) < 4.78 is 11.6. The van der Waals surface area contributed by atoms with Crippen molar-refractivity contribution >= 4 is 0 Å². The van der Waals surface area contributed by atoms with E-state index in [0.29, 0.717) is 18.2 Å². The van der Waals surface area contributed by atoms with Crippen LogP contribution in [0.5, 0.6) is 11.6 Å². The van der Waals surface area contributed by atoms with Crippen molar-refractivity contribution < 1.29 is 9.47 Å². The molecule has 4 heteroatoms. The minimum Gasteiger partial charge on any atom is -0.484 e. The molecule has 0 radical (unpaired) electrons. The van der Waals surface area contributed by atoms with Crippen molar-refractivity contribution in [1.82, 2.24) is 10.3 Å². The fraction of sp³-hybridized carbons (Fsp3) is 0.353. The molecule has 21 heavy (non-hydrogen) atoms. The number of hydrogen-bond acceptors (Lipinski definition) is 4. The van der Waals surface area contributed by atoms with Gasteiger partial charge in [0.2, 0.25) is 0 Å². The molecule has 0 aliphatic carbocycles. The fourth-order valence-corrected chi connectivity index (χ4v) is 2.33. The van der Waals surface area contributed by atoms with Gasteiger partial charge in [0, 0.05) is 12.7 Å². The summed E-state index contributed by atoms with van der Waals surface area (Å²) in [7, 11) is 0. The van der Waals surface area contributed by atoms with E-state index in [1.54, 1.807) is 6.20 Å². The molecule has 1 aromatic carbocycles. The number of hydrogen-bond donors (Lipinski definition) is 1. The number of pyridine rings is 1. The standard InChI is InChI=1S/C17H20N2O2/c1-2-9-18-11-13-5-7-14(8-6-13)16-12-20-15-4-3-10-19-17(15)21-16/h3-8,10,16,18H,2,9,11-12H2,1H3/t16-/m1/s1. The lowest BCUT2D eigenvalue weighted by Crippen LogP contribution is -2.22. The van der Waals surface area contributed by atoms with Crippen LogP contribution in [0.2, 0.25) is 0 Å². The van der Waals surface area contributed by atoms with Gasteiger partial charge in [-0.2, -0.15) is 0 Å². The monoisotopic (exact) mass is 284 g/mol. The summed E-state index contributed by atoms with van der Waals surface area (Å²) in [5, 5.41) is 3.40. The van der Waals surface area contributed by atoms with Gasteiger partial charge in [0.05, 0.1) is 0 Å². The minimum atomic E-state index is -0.0925. The van der Waals surface area contributed by atoms with Gasteiger partial charge in [0.1, 0.15) is 6.61 Å². The third-order valence-electron chi connectivity index (χ3n) is 3.49. The van der Waals surface area contributed by atoms with E-state index in [4.69, 9.17) is 9.47 Å². The number of nitrogens with zero attached hydrogens (tertiary/aromatic N) is 1. The predicted molar refractivity (Wildman–Crippen MR) is 81.5 cm³/mol. The maximum absolute atomic E-state index is 5.90. The lowest BCUT2D eigenvalue weighted by molar-refractivity contribution is 0.0851. The van der Waals surface area contributed by atoms with E-state index in [9.17, 15) is 0 Å². The lowest BCUT2D eigenvalue weighted by atomic mass is 10.1. The van der Waals surface area contributed by atoms with Crippen molar-refractivity contribution in [1.29, 1.82) is 0 Å². The molecule has 4 nitrogen and oxygen atoms in total. The number of nitrogens with one attached hydrogen (secondary N) is 1. The molecule has 0 saturated heterocycles. The maximum Gasteiger partial charge on any atom is 0.257 e. The van der Waals surface area contributed by atoms with Crippen LogP contribution in [0.4, 0.5) is 0 Å². The van der Waals surface area contributed by atoms with Crippen molar-refractivity contribution in [3.8, 4) is 11.6 Å². The molecule has 2 aromatic rings. The molecule has 110 valence electrons. The van der Waals surface area contributed by atoms with E-state index in [0.717, 1.165) is 25.1 Å². The molecule has 0 spiro atoms.